The third kappa shape index (κ3) is 5.59. The molecular formula is C26H31Cl2NO4. The van der Waals surface area contributed by atoms with Crippen molar-refractivity contribution in [1.29, 1.82) is 0 Å². The minimum Gasteiger partial charge on any atom is -0.492 e. The van der Waals surface area contributed by atoms with Gasteiger partial charge in [0.05, 0.1) is 13.0 Å². The van der Waals surface area contributed by atoms with Gasteiger partial charge in [0.2, 0.25) is 0 Å². The van der Waals surface area contributed by atoms with Crippen LogP contribution in [0.3, 0.4) is 0 Å². The number of likely N-dealkylation sites (tertiary alicyclic amines) is 1. The first-order chi connectivity index (χ1) is 15.9. The Hall–Kier alpha value is -1.95. The maximum absolute atomic E-state index is 11.0. The lowest BCUT2D eigenvalue weighted by Crippen LogP contribution is -2.47. The molecule has 4 rings (SSSR count). The van der Waals surface area contributed by atoms with Gasteiger partial charge < -0.3 is 19.5 Å². The maximum atomic E-state index is 11.0. The van der Waals surface area contributed by atoms with Gasteiger partial charge in [-0.3, -0.25) is 4.79 Å². The molecule has 2 aliphatic rings. The molecule has 0 bridgehead atoms. The van der Waals surface area contributed by atoms with E-state index in [-0.39, 0.29) is 11.8 Å². The zero-order chi connectivity index (χ0) is 23.4. The molecule has 1 spiro atoms. The number of rotatable bonds is 9. The lowest BCUT2D eigenvalue weighted by Gasteiger charge is -2.39. The van der Waals surface area contributed by atoms with Gasteiger partial charge in [-0.15, -0.1) is 0 Å². The van der Waals surface area contributed by atoms with Crippen LogP contribution in [-0.2, 0) is 23.2 Å². The van der Waals surface area contributed by atoms with Crippen LogP contribution in [0.4, 0.5) is 0 Å². The Morgan fingerprint density at radius 3 is 2.76 bits per heavy atom. The average molecular weight is 492 g/mol. The quantitative estimate of drug-likeness (QED) is 0.457. The van der Waals surface area contributed by atoms with Crippen molar-refractivity contribution in [3.05, 3.63) is 57.1 Å². The number of carboxylic acids is 1. The molecule has 0 saturated carbocycles. The molecule has 2 aromatic carbocycles. The number of aliphatic carboxylic acids is 1. The summed E-state index contributed by atoms with van der Waals surface area (Å²) in [6, 6.07) is 9.98. The van der Waals surface area contributed by atoms with E-state index >= 15 is 0 Å². The van der Waals surface area contributed by atoms with Gasteiger partial charge in [0.15, 0.2) is 0 Å². The fourth-order valence-electron chi connectivity index (χ4n) is 4.93. The second-order valence-corrected chi connectivity index (χ2v) is 10.00. The monoisotopic (exact) mass is 491 g/mol. The van der Waals surface area contributed by atoms with Crippen molar-refractivity contribution >= 4 is 29.2 Å². The molecule has 1 saturated heterocycles. The van der Waals surface area contributed by atoms with Crippen molar-refractivity contribution in [3.8, 4) is 11.5 Å². The molecule has 2 heterocycles. The van der Waals surface area contributed by atoms with Crippen LogP contribution >= 0.6 is 23.2 Å². The molecular weight excluding hydrogens is 461 g/mol. The number of fused-ring (bicyclic) bond motifs is 2. The standard InChI is InChI=1S/C26H31Cl2NO4/c1-2-3-5-18-12-22(27)20(23(28)13-18)15-32-19-6-7-21-24(14-19)33-17-26(21)9-4-10-29(16-26)11-8-25(30)31/h6-7,12-14H,2-5,8-11,15-17H2,1H3,(H,30,31). The summed E-state index contributed by atoms with van der Waals surface area (Å²) < 4.78 is 12.1. The average Bonchev–Trinajstić information content (AvgIpc) is 3.12. The van der Waals surface area contributed by atoms with Crippen LogP contribution < -0.4 is 9.47 Å². The Labute approximate surface area is 205 Å². The molecule has 7 heteroatoms. The number of halogens is 2. The van der Waals surface area contributed by atoms with Crippen molar-refractivity contribution in [2.75, 3.05) is 26.2 Å². The number of unbranched alkanes of at least 4 members (excludes halogenated alkanes) is 1. The predicted octanol–water partition coefficient (Wildman–Crippen LogP) is 6.12. The smallest absolute Gasteiger partial charge is 0.304 e. The SMILES string of the molecule is CCCCc1cc(Cl)c(COc2ccc3c(c2)OCC32CCCN(CCC(=O)O)C2)c(Cl)c1. The summed E-state index contributed by atoms with van der Waals surface area (Å²) in [6.45, 7) is 5.40. The number of ether oxygens (including phenoxy) is 2. The number of piperidine rings is 1. The molecule has 2 aliphatic heterocycles. The number of hydrogen-bond acceptors (Lipinski definition) is 4. The summed E-state index contributed by atoms with van der Waals surface area (Å²) in [5, 5.41) is 10.3. The minimum absolute atomic E-state index is 0.0778. The molecule has 1 fully saturated rings. The third-order valence-corrected chi connectivity index (χ3v) is 7.40. The second kappa shape index (κ2) is 10.5. The number of aryl methyl sites for hydroxylation is 1. The zero-order valence-electron chi connectivity index (χ0n) is 19.0. The molecule has 1 N–H and O–H groups in total. The number of carboxylic acid groups (broad SMARTS) is 1. The van der Waals surface area contributed by atoms with Gasteiger partial charge in [-0.1, -0.05) is 42.6 Å². The summed E-state index contributed by atoms with van der Waals surface area (Å²) in [4.78, 5) is 13.2. The van der Waals surface area contributed by atoms with E-state index in [1.807, 2.05) is 24.3 Å². The van der Waals surface area contributed by atoms with Crippen LogP contribution in [0, 0.1) is 0 Å². The number of hydrogen-bond donors (Lipinski definition) is 1. The first-order valence-corrected chi connectivity index (χ1v) is 12.5. The lowest BCUT2D eigenvalue weighted by atomic mass is 9.75. The van der Waals surface area contributed by atoms with Crippen molar-refractivity contribution < 1.29 is 19.4 Å². The molecule has 1 unspecified atom stereocenters. The van der Waals surface area contributed by atoms with Gasteiger partial charge >= 0.3 is 5.97 Å². The van der Waals surface area contributed by atoms with Crippen LogP contribution in [0.5, 0.6) is 11.5 Å². The first-order valence-electron chi connectivity index (χ1n) is 11.7. The topological polar surface area (TPSA) is 59.0 Å². The lowest BCUT2D eigenvalue weighted by molar-refractivity contribution is -0.137. The Morgan fingerprint density at radius 2 is 2.03 bits per heavy atom. The van der Waals surface area contributed by atoms with Crippen molar-refractivity contribution in [2.24, 2.45) is 0 Å². The zero-order valence-corrected chi connectivity index (χ0v) is 20.6. The van der Waals surface area contributed by atoms with Crippen LogP contribution in [-0.4, -0.2) is 42.2 Å². The maximum Gasteiger partial charge on any atom is 0.304 e. The van der Waals surface area contributed by atoms with Crippen molar-refractivity contribution in [3.63, 3.8) is 0 Å². The molecule has 5 nitrogen and oxygen atoms in total. The third-order valence-electron chi connectivity index (χ3n) is 6.73. The fraction of sp³-hybridized carbons (Fsp3) is 0.500. The molecule has 1 atom stereocenters. The fourth-order valence-corrected chi connectivity index (χ4v) is 5.57. The van der Waals surface area contributed by atoms with Crippen molar-refractivity contribution in [2.45, 2.75) is 57.5 Å². The highest BCUT2D eigenvalue weighted by Crippen LogP contribution is 2.45. The number of benzene rings is 2. The van der Waals surface area contributed by atoms with E-state index in [2.05, 4.69) is 17.9 Å². The summed E-state index contributed by atoms with van der Waals surface area (Å²) in [5.41, 5.74) is 3.05. The van der Waals surface area contributed by atoms with E-state index in [1.54, 1.807) is 0 Å². The number of nitrogens with zero attached hydrogens (tertiary/aromatic N) is 1. The first kappa shape index (κ1) is 24.2. The normalized spacial score (nSPS) is 20.0. The molecule has 33 heavy (non-hydrogen) atoms. The van der Waals surface area contributed by atoms with Crippen molar-refractivity contribution in [1.82, 2.24) is 4.90 Å². The highest BCUT2D eigenvalue weighted by atomic mass is 35.5. The van der Waals surface area contributed by atoms with Crippen LogP contribution in [0.2, 0.25) is 10.0 Å². The summed E-state index contributed by atoms with van der Waals surface area (Å²) in [7, 11) is 0. The summed E-state index contributed by atoms with van der Waals surface area (Å²) in [6.07, 6.45) is 5.44. The molecule has 0 amide bonds. The molecule has 0 aliphatic carbocycles. The molecule has 0 aromatic heterocycles. The van der Waals surface area contributed by atoms with E-state index in [0.29, 0.717) is 35.6 Å². The second-order valence-electron chi connectivity index (χ2n) is 9.18. The Bertz CT molecular complexity index is 989. The molecule has 0 radical (unpaired) electrons. The summed E-state index contributed by atoms with van der Waals surface area (Å²) >= 11 is 13.0. The van der Waals surface area contributed by atoms with Gasteiger partial charge in [0.25, 0.3) is 0 Å². The molecule has 2 aromatic rings. The van der Waals surface area contributed by atoms with Gasteiger partial charge in [-0.05, 0) is 56.0 Å². The van der Waals surface area contributed by atoms with E-state index in [9.17, 15) is 4.79 Å². The predicted molar refractivity (Wildman–Crippen MR) is 131 cm³/mol. The Morgan fingerprint density at radius 1 is 1.24 bits per heavy atom. The Balaban J connectivity index is 1.43. The van der Waals surface area contributed by atoms with E-state index in [4.69, 9.17) is 37.8 Å². The highest BCUT2D eigenvalue weighted by molar-refractivity contribution is 6.36. The summed E-state index contributed by atoms with van der Waals surface area (Å²) in [5.74, 6) is 0.807. The minimum atomic E-state index is -0.754. The van der Waals surface area contributed by atoms with Crippen LogP contribution in [0.25, 0.3) is 0 Å². The van der Waals surface area contributed by atoms with Gasteiger partial charge in [-0.25, -0.2) is 0 Å². The highest BCUT2D eigenvalue weighted by Gasteiger charge is 2.43. The van der Waals surface area contributed by atoms with E-state index < -0.39 is 5.97 Å². The van der Waals surface area contributed by atoms with Gasteiger partial charge in [-0.2, -0.15) is 0 Å². The van der Waals surface area contributed by atoms with E-state index in [1.165, 1.54) is 5.56 Å². The van der Waals surface area contributed by atoms with Crippen LogP contribution in [0.1, 0.15) is 55.7 Å². The number of carbonyl (C=O) groups is 1. The molecule has 178 valence electrons. The van der Waals surface area contributed by atoms with Crippen LogP contribution in [0.15, 0.2) is 30.3 Å². The van der Waals surface area contributed by atoms with E-state index in [0.717, 1.165) is 62.1 Å². The van der Waals surface area contributed by atoms with Gasteiger partial charge in [0.1, 0.15) is 18.1 Å². The Kier molecular flexibility index (Phi) is 7.72. The van der Waals surface area contributed by atoms with Gasteiger partial charge in [0, 0.05) is 45.7 Å². The largest absolute Gasteiger partial charge is 0.492 e.